The molecule has 0 amide bonds. The second-order valence-electron chi connectivity index (χ2n) is 0.727. The topological polar surface area (TPSA) is 26.3 Å². The van der Waals surface area contributed by atoms with Crippen LogP contribution in [-0.4, -0.2) is 13.1 Å². The normalized spacial score (nSPS) is 5.86. The van der Waals surface area contributed by atoms with Crippen LogP contribution in [0.25, 0.3) is 0 Å². The number of rotatable bonds is 1. The van der Waals surface area contributed by atoms with Gasteiger partial charge in [0.25, 0.3) is 0 Å². The third-order valence-corrected chi connectivity index (χ3v) is 0.368. The predicted octanol–water partition coefficient (Wildman–Crippen LogP) is 0.343. The van der Waals surface area contributed by atoms with E-state index in [9.17, 15) is 4.79 Å². The molecule has 0 aliphatic heterocycles. The van der Waals surface area contributed by atoms with Crippen LogP contribution in [0.4, 0.5) is 0 Å². The van der Waals surface area contributed by atoms with Crippen LogP contribution in [0.1, 0.15) is 0 Å². The zero-order chi connectivity index (χ0) is 4.99. The van der Waals surface area contributed by atoms with Crippen LogP contribution in [0, 0.1) is 0 Å². The summed E-state index contributed by atoms with van der Waals surface area (Å²) < 4.78 is 4.14. The van der Waals surface area contributed by atoms with E-state index in [-0.39, 0.29) is 17.4 Å². The summed E-state index contributed by atoms with van der Waals surface area (Å²) in [5, 5.41) is 0. The molecule has 0 N–H and O–H groups in total. The number of hydrogen-bond donors (Lipinski definition) is 0. The van der Waals surface area contributed by atoms with Crippen LogP contribution in [0.2, 0.25) is 0 Å². The van der Waals surface area contributed by atoms with Crippen LogP contribution < -0.4 is 0 Å². The van der Waals surface area contributed by atoms with Gasteiger partial charge in [0, 0.05) is 23.4 Å². The van der Waals surface area contributed by atoms with Crippen molar-refractivity contribution in [2.45, 2.75) is 0 Å². The fraction of sp³-hybridized carbons (Fsp3) is 0.250. The molecule has 0 heterocycles. The number of methoxy groups -OCH3 is 1. The van der Waals surface area contributed by atoms with Gasteiger partial charge in [-0.25, -0.2) is 4.79 Å². The molecule has 0 aromatic rings. The molecule has 40 valence electrons. The molecule has 3 heteroatoms. The molecule has 0 radical (unpaired) electrons. The van der Waals surface area contributed by atoms with Crippen LogP contribution in [0.15, 0.2) is 12.7 Å². The standard InChI is InChI=1S/C4H6O2.Cr/c1-3-4(5)6-2;/h3H,1H2,2H3;. The first kappa shape index (κ1) is 9.89. The number of hydrogen-bond acceptors (Lipinski definition) is 2. The molecule has 0 aromatic heterocycles. The average molecular weight is 138 g/mol. The molecular formula is C4H6CrO2. The Morgan fingerprint density at radius 3 is 2.29 bits per heavy atom. The van der Waals surface area contributed by atoms with E-state index >= 15 is 0 Å². The Kier molecular flexibility index (Phi) is 8.11. The van der Waals surface area contributed by atoms with Gasteiger partial charge in [-0.3, -0.25) is 0 Å². The van der Waals surface area contributed by atoms with Gasteiger partial charge < -0.3 is 4.74 Å². The van der Waals surface area contributed by atoms with Crippen molar-refractivity contribution in [2.24, 2.45) is 0 Å². The zero-order valence-corrected chi connectivity index (χ0v) is 5.28. The van der Waals surface area contributed by atoms with Crippen molar-refractivity contribution >= 4 is 5.97 Å². The second-order valence-corrected chi connectivity index (χ2v) is 0.727. The van der Waals surface area contributed by atoms with E-state index < -0.39 is 5.97 Å². The maximum atomic E-state index is 9.84. The first-order chi connectivity index (χ1) is 2.81. The van der Waals surface area contributed by atoms with Gasteiger partial charge >= 0.3 is 5.97 Å². The molecule has 0 unspecified atom stereocenters. The summed E-state index contributed by atoms with van der Waals surface area (Å²) in [6.07, 6.45) is 1.11. The summed E-state index contributed by atoms with van der Waals surface area (Å²) in [7, 11) is 1.31. The van der Waals surface area contributed by atoms with Gasteiger partial charge in [-0.2, -0.15) is 0 Å². The van der Waals surface area contributed by atoms with Crippen molar-refractivity contribution in [1.29, 1.82) is 0 Å². The third kappa shape index (κ3) is 5.74. The number of esters is 1. The SMILES string of the molecule is C=CC(=O)OC.[Cr]. The smallest absolute Gasteiger partial charge is 0.329 e. The molecule has 0 rings (SSSR count). The quantitative estimate of drug-likeness (QED) is 0.386. The Bertz CT molecular complexity index is 70.1. The number of carbonyl (C=O) groups excluding carboxylic acids is 1. The van der Waals surface area contributed by atoms with Crippen molar-refractivity contribution in [3.8, 4) is 0 Å². The van der Waals surface area contributed by atoms with Gasteiger partial charge in [0.15, 0.2) is 0 Å². The van der Waals surface area contributed by atoms with E-state index in [0.717, 1.165) is 6.08 Å². The Hall–Kier alpha value is -0.258. The van der Waals surface area contributed by atoms with Gasteiger partial charge in [0.1, 0.15) is 0 Å². The van der Waals surface area contributed by atoms with E-state index in [0.29, 0.717) is 0 Å². The van der Waals surface area contributed by atoms with Crippen LogP contribution in [0.5, 0.6) is 0 Å². The first-order valence-corrected chi connectivity index (χ1v) is 1.51. The van der Waals surface area contributed by atoms with Crippen LogP contribution >= 0.6 is 0 Å². The fourth-order valence-electron chi connectivity index (χ4n) is 0.0833. The molecule has 0 bridgehead atoms. The summed E-state index contributed by atoms with van der Waals surface area (Å²) in [6.45, 7) is 3.16. The predicted molar refractivity (Wildman–Crippen MR) is 22.2 cm³/mol. The van der Waals surface area contributed by atoms with E-state index in [1.807, 2.05) is 0 Å². The summed E-state index contributed by atoms with van der Waals surface area (Å²) in [6, 6.07) is 0. The van der Waals surface area contributed by atoms with Gasteiger partial charge in [-0.05, 0) is 0 Å². The zero-order valence-electron chi connectivity index (χ0n) is 4.01. The Balaban J connectivity index is 0. The van der Waals surface area contributed by atoms with E-state index in [1.54, 1.807) is 0 Å². The van der Waals surface area contributed by atoms with Gasteiger partial charge in [0.05, 0.1) is 7.11 Å². The van der Waals surface area contributed by atoms with Gasteiger partial charge in [-0.15, -0.1) is 0 Å². The average Bonchev–Trinajstić information content (AvgIpc) is 1.65. The minimum atomic E-state index is -0.394. The molecule has 0 atom stereocenters. The summed E-state index contributed by atoms with van der Waals surface area (Å²) in [5.41, 5.74) is 0. The summed E-state index contributed by atoms with van der Waals surface area (Å²) in [5.74, 6) is -0.394. The van der Waals surface area contributed by atoms with E-state index in [1.165, 1.54) is 7.11 Å². The minimum absolute atomic E-state index is 0. The Morgan fingerprint density at radius 1 is 1.86 bits per heavy atom. The molecule has 0 aliphatic carbocycles. The largest absolute Gasteiger partial charge is 0.466 e. The molecule has 2 nitrogen and oxygen atoms in total. The van der Waals surface area contributed by atoms with Crippen molar-refractivity contribution in [3.63, 3.8) is 0 Å². The molecule has 0 aliphatic rings. The molecule has 0 saturated carbocycles. The van der Waals surface area contributed by atoms with Gasteiger partial charge in [-0.1, -0.05) is 6.58 Å². The first-order valence-electron chi connectivity index (χ1n) is 1.51. The van der Waals surface area contributed by atoms with Crippen molar-refractivity contribution < 1.29 is 26.9 Å². The van der Waals surface area contributed by atoms with Crippen molar-refractivity contribution in [2.75, 3.05) is 7.11 Å². The summed E-state index contributed by atoms with van der Waals surface area (Å²) in [4.78, 5) is 9.84. The minimum Gasteiger partial charge on any atom is -0.466 e. The maximum Gasteiger partial charge on any atom is 0.329 e. The summed E-state index contributed by atoms with van der Waals surface area (Å²) >= 11 is 0. The Morgan fingerprint density at radius 2 is 2.29 bits per heavy atom. The van der Waals surface area contributed by atoms with Gasteiger partial charge in [0.2, 0.25) is 0 Å². The number of carbonyl (C=O) groups is 1. The molecule has 0 spiro atoms. The van der Waals surface area contributed by atoms with Crippen LogP contribution in [0.3, 0.4) is 0 Å². The maximum absolute atomic E-state index is 9.84. The number of ether oxygens (including phenoxy) is 1. The Labute approximate surface area is 53.3 Å². The molecule has 0 fully saturated rings. The van der Waals surface area contributed by atoms with Crippen molar-refractivity contribution in [3.05, 3.63) is 12.7 Å². The molecule has 0 aromatic carbocycles. The second kappa shape index (κ2) is 5.74. The fourth-order valence-corrected chi connectivity index (χ4v) is 0.0833. The third-order valence-electron chi connectivity index (χ3n) is 0.368. The van der Waals surface area contributed by atoms with Crippen molar-refractivity contribution in [1.82, 2.24) is 0 Å². The molecular weight excluding hydrogens is 132 g/mol. The molecule has 7 heavy (non-hydrogen) atoms. The van der Waals surface area contributed by atoms with Crippen LogP contribution in [-0.2, 0) is 26.9 Å². The monoisotopic (exact) mass is 138 g/mol. The van der Waals surface area contributed by atoms with E-state index in [4.69, 9.17) is 0 Å². The molecule has 0 saturated heterocycles. The van der Waals surface area contributed by atoms with E-state index in [2.05, 4.69) is 11.3 Å².